The van der Waals surface area contributed by atoms with Gasteiger partial charge in [0.15, 0.2) is 5.16 Å². The molecular weight excluding hydrogens is 470 g/mol. The molecule has 34 heavy (non-hydrogen) atoms. The number of pyridine rings is 2. The normalized spacial score (nSPS) is 11.8. The molecule has 2 N–H and O–H groups in total. The highest BCUT2D eigenvalue weighted by Crippen LogP contribution is 2.28. The Kier molecular flexibility index (Phi) is 6.83. The smallest absolute Gasteiger partial charge is 0.260 e. The second-order valence-corrected chi connectivity index (χ2v) is 10.6. The van der Waals surface area contributed by atoms with E-state index in [9.17, 15) is 13.2 Å². The molecule has 3 aromatic heterocycles. The number of aromatic nitrogens is 4. The van der Waals surface area contributed by atoms with Crippen LogP contribution in [0.2, 0.25) is 0 Å². The summed E-state index contributed by atoms with van der Waals surface area (Å²) in [5.74, 6) is -0.219. The average molecular weight is 496 g/mol. The van der Waals surface area contributed by atoms with E-state index in [1.54, 1.807) is 12.3 Å². The number of fused-ring (bicyclic) bond motifs is 1. The summed E-state index contributed by atoms with van der Waals surface area (Å²) in [5.41, 5.74) is 5.22. The average Bonchev–Trinajstić information content (AvgIpc) is 2.79. The highest BCUT2D eigenvalue weighted by atomic mass is 32.2. The summed E-state index contributed by atoms with van der Waals surface area (Å²) in [7, 11) is -3.63. The van der Waals surface area contributed by atoms with Gasteiger partial charge in [0.25, 0.3) is 5.56 Å². The zero-order valence-electron chi connectivity index (χ0n) is 19.1. The summed E-state index contributed by atoms with van der Waals surface area (Å²) >= 11 is 1.37. The Morgan fingerprint density at radius 1 is 1.06 bits per heavy atom. The molecule has 0 aliphatic carbocycles. The number of nitrogens with two attached hydrogens (primary N) is 1. The van der Waals surface area contributed by atoms with Crippen molar-refractivity contribution < 1.29 is 8.42 Å². The van der Waals surface area contributed by atoms with Crippen molar-refractivity contribution in [2.24, 2.45) is 5.14 Å². The molecule has 0 radical (unpaired) electrons. The third kappa shape index (κ3) is 5.19. The summed E-state index contributed by atoms with van der Waals surface area (Å²) in [6.45, 7) is 4.08. The lowest BCUT2D eigenvalue weighted by Crippen LogP contribution is -2.25. The quantitative estimate of drug-likeness (QED) is 0.307. The number of sulfonamides is 1. The largest absolute Gasteiger partial charge is 0.292 e. The molecule has 4 rings (SSSR count). The van der Waals surface area contributed by atoms with E-state index < -0.39 is 10.0 Å². The van der Waals surface area contributed by atoms with Crippen molar-refractivity contribution in [2.45, 2.75) is 32.0 Å². The number of hydrogen-bond donors (Lipinski definition) is 1. The van der Waals surface area contributed by atoms with Crippen LogP contribution < -0.4 is 10.7 Å². The van der Waals surface area contributed by atoms with E-state index in [0.717, 1.165) is 28.1 Å². The van der Waals surface area contributed by atoms with Crippen LogP contribution in [0.15, 0.2) is 58.6 Å². The van der Waals surface area contributed by atoms with E-state index in [4.69, 9.17) is 5.14 Å². The molecule has 0 aliphatic rings. The highest BCUT2D eigenvalue weighted by molar-refractivity contribution is 7.98. The van der Waals surface area contributed by atoms with Gasteiger partial charge in [0.05, 0.1) is 11.4 Å². The Hall–Kier alpha value is -3.08. The van der Waals surface area contributed by atoms with Gasteiger partial charge in [-0.3, -0.25) is 14.3 Å². The molecule has 0 bridgehead atoms. The highest BCUT2D eigenvalue weighted by Gasteiger charge is 2.16. The molecule has 10 heteroatoms. The minimum absolute atomic E-state index is 0.175. The van der Waals surface area contributed by atoms with Gasteiger partial charge in [0.2, 0.25) is 10.0 Å². The van der Waals surface area contributed by atoms with E-state index in [-0.39, 0.29) is 24.3 Å². The molecule has 1 aromatic carbocycles. The van der Waals surface area contributed by atoms with Gasteiger partial charge in [-0.1, -0.05) is 30.0 Å². The minimum atomic E-state index is -3.63. The molecule has 0 amide bonds. The van der Waals surface area contributed by atoms with Crippen LogP contribution in [0.5, 0.6) is 0 Å². The molecule has 0 saturated heterocycles. The van der Waals surface area contributed by atoms with Gasteiger partial charge in [0.1, 0.15) is 5.65 Å². The lowest BCUT2D eigenvalue weighted by molar-refractivity contribution is 0.587. The first-order chi connectivity index (χ1) is 16.2. The van der Waals surface area contributed by atoms with Crippen LogP contribution in [0.1, 0.15) is 17.7 Å². The summed E-state index contributed by atoms with van der Waals surface area (Å²) in [5, 5.41) is 6.39. The predicted octanol–water partition coefficient (Wildman–Crippen LogP) is 3.54. The Balaban J connectivity index is 1.84. The Bertz CT molecular complexity index is 1550. The Labute approximate surface area is 202 Å². The molecule has 0 fully saturated rings. The molecule has 0 spiro atoms. The van der Waals surface area contributed by atoms with Crippen LogP contribution >= 0.6 is 11.8 Å². The topological polar surface area (TPSA) is 121 Å². The zero-order valence-corrected chi connectivity index (χ0v) is 20.8. The van der Waals surface area contributed by atoms with E-state index in [1.165, 1.54) is 16.3 Å². The zero-order chi connectivity index (χ0) is 24.5. The predicted molar refractivity (Wildman–Crippen MR) is 136 cm³/mol. The maximum absolute atomic E-state index is 13.6. The number of aryl methyl sites for hydroxylation is 3. The van der Waals surface area contributed by atoms with Crippen LogP contribution in [0.3, 0.4) is 0 Å². The van der Waals surface area contributed by atoms with Crippen molar-refractivity contribution in [2.75, 3.05) is 12.0 Å². The maximum atomic E-state index is 13.6. The lowest BCUT2D eigenvalue weighted by atomic mass is 9.97. The molecule has 0 saturated carbocycles. The van der Waals surface area contributed by atoms with Gasteiger partial charge < -0.3 is 0 Å². The van der Waals surface area contributed by atoms with Crippen molar-refractivity contribution in [1.82, 2.24) is 19.5 Å². The fraction of sp³-hybridized carbons (Fsp3) is 0.250. The number of hydrogen-bond acceptors (Lipinski definition) is 7. The molecule has 0 atom stereocenters. The SMILES string of the molecule is CSc1ncc2cc(-c3ccc(-c4cccc(C)n4)cc3C)c(=O)n(CCCS(N)(=O)=O)c2n1. The molecule has 3 heterocycles. The molecule has 0 unspecified atom stereocenters. The Morgan fingerprint density at radius 3 is 2.53 bits per heavy atom. The van der Waals surface area contributed by atoms with E-state index >= 15 is 0 Å². The second-order valence-electron chi connectivity index (χ2n) is 8.06. The summed E-state index contributed by atoms with van der Waals surface area (Å²) < 4.78 is 24.4. The molecule has 176 valence electrons. The van der Waals surface area contributed by atoms with E-state index in [0.29, 0.717) is 21.8 Å². The number of thioether (sulfide) groups is 1. The Morgan fingerprint density at radius 2 is 1.85 bits per heavy atom. The third-order valence-electron chi connectivity index (χ3n) is 5.50. The van der Waals surface area contributed by atoms with Crippen molar-refractivity contribution in [3.05, 3.63) is 70.3 Å². The molecule has 0 aliphatic heterocycles. The van der Waals surface area contributed by atoms with Gasteiger partial charge in [-0.15, -0.1) is 0 Å². The minimum Gasteiger partial charge on any atom is -0.292 e. The van der Waals surface area contributed by atoms with Crippen LogP contribution in [-0.4, -0.2) is 39.9 Å². The van der Waals surface area contributed by atoms with Crippen LogP contribution in [0.4, 0.5) is 0 Å². The molecule has 8 nitrogen and oxygen atoms in total. The number of rotatable bonds is 7. The molecule has 4 aromatic rings. The lowest BCUT2D eigenvalue weighted by Gasteiger charge is -2.14. The monoisotopic (exact) mass is 495 g/mol. The number of primary sulfonamides is 1. The standard InChI is InChI=1S/C24H25N5O3S2/c1-15-12-17(21-7-4-6-16(2)27-21)8-9-19(15)20-13-18-14-26-24(33-3)28-22(18)29(23(20)30)10-5-11-34(25,31)32/h4,6-9,12-14H,5,10-11H2,1-3H3,(H2,25,31,32). The molecular formula is C24H25N5O3S2. The second kappa shape index (κ2) is 9.65. The van der Waals surface area contributed by atoms with Crippen LogP contribution in [0, 0.1) is 13.8 Å². The summed E-state index contributed by atoms with van der Waals surface area (Å²) in [4.78, 5) is 27.0. The van der Waals surface area contributed by atoms with Crippen molar-refractivity contribution in [1.29, 1.82) is 0 Å². The first kappa shape index (κ1) is 24.1. The number of benzene rings is 1. The first-order valence-corrected chi connectivity index (χ1v) is 13.6. The van der Waals surface area contributed by atoms with E-state index in [1.807, 2.05) is 56.5 Å². The van der Waals surface area contributed by atoms with Gasteiger partial charge in [0, 0.05) is 34.9 Å². The van der Waals surface area contributed by atoms with Gasteiger partial charge in [-0.05, 0) is 61.9 Å². The van der Waals surface area contributed by atoms with Crippen LogP contribution in [0.25, 0.3) is 33.4 Å². The maximum Gasteiger partial charge on any atom is 0.260 e. The number of nitrogens with zero attached hydrogens (tertiary/aromatic N) is 4. The van der Waals surface area contributed by atoms with E-state index in [2.05, 4.69) is 15.0 Å². The van der Waals surface area contributed by atoms with Gasteiger partial charge in [-0.25, -0.2) is 23.5 Å². The summed E-state index contributed by atoms with van der Waals surface area (Å²) in [6, 6.07) is 13.5. The van der Waals surface area contributed by atoms with Crippen LogP contribution in [-0.2, 0) is 16.6 Å². The van der Waals surface area contributed by atoms with Crippen molar-refractivity contribution in [3.63, 3.8) is 0 Å². The third-order valence-corrected chi connectivity index (χ3v) is 6.92. The van der Waals surface area contributed by atoms with Gasteiger partial charge >= 0.3 is 0 Å². The van der Waals surface area contributed by atoms with Crippen molar-refractivity contribution in [3.8, 4) is 22.4 Å². The fourth-order valence-electron chi connectivity index (χ4n) is 3.89. The van der Waals surface area contributed by atoms with Crippen molar-refractivity contribution >= 4 is 32.8 Å². The first-order valence-electron chi connectivity index (χ1n) is 10.7. The van der Waals surface area contributed by atoms with Gasteiger partial charge in [-0.2, -0.15) is 0 Å². The summed E-state index contributed by atoms with van der Waals surface area (Å²) in [6.07, 6.45) is 3.74. The fourth-order valence-corrected chi connectivity index (χ4v) is 4.76.